The summed E-state index contributed by atoms with van der Waals surface area (Å²) < 4.78 is -1.32. The predicted octanol–water partition coefficient (Wildman–Crippen LogP) is 5.77. The van der Waals surface area contributed by atoms with Gasteiger partial charge in [-0.2, -0.15) is 5.26 Å². The molecule has 1 aliphatic rings. The molecule has 5 nitrogen and oxygen atoms in total. The second-order valence-corrected chi connectivity index (χ2v) is 9.56. The van der Waals surface area contributed by atoms with Gasteiger partial charge < -0.3 is 10.2 Å². The monoisotopic (exact) mass is 503 g/mol. The second kappa shape index (κ2) is 8.82. The number of nitrogens with zero attached hydrogens (tertiary/aromatic N) is 2. The molecular formula is C20H14Cl5N3O2. The first-order chi connectivity index (χ1) is 14.1. The van der Waals surface area contributed by atoms with E-state index in [-0.39, 0.29) is 17.1 Å². The van der Waals surface area contributed by atoms with Crippen molar-refractivity contribution in [2.75, 3.05) is 18.9 Å². The minimum absolute atomic E-state index is 0.0985. The van der Waals surface area contributed by atoms with Crippen LogP contribution in [-0.4, -0.2) is 34.6 Å². The number of alkyl halides is 2. The summed E-state index contributed by atoms with van der Waals surface area (Å²) >= 11 is 30.9. The van der Waals surface area contributed by atoms with Crippen LogP contribution in [0, 0.1) is 17.2 Å². The maximum Gasteiger partial charge on any atom is 0.256 e. The number of rotatable bonds is 5. The van der Waals surface area contributed by atoms with E-state index < -0.39 is 28.0 Å². The lowest BCUT2D eigenvalue weighted by Crippen LogP contribution is -2.27. The minimum Gasteiger partial charge on any atom is -0.328 e. The lowest BCUT2D eigenvalue weighted by Gasteiger charge is -2.15. The van der Waals surface area contributed by atoms with Crippen molar-refractivity contribution in [3.8, 4) is 6.07 Å². The molecule has 0 aliphatic heterocycles. The van der Waals surface area contributed by atoms with Crippen LogP contribution in [0.2, 0.25) is 15.1 Å². The zero-order chi connectivity index (χ0) is 22.2. The molecule has 0 radical (unpaired) electrons. The lowest BCUT2D eigenvalue weighted by atomic mass is 10.1. The molecule has 1 saturated carbocycles. The van der Waals surface area contributed by atoms with E-state index in [0.717, 1.165) is 0 Å². The van der Waals surface area contributed by atoms with E-state index in [4.69, 9.17) is 63.3 Å². The van der Waals surface area contributed by atoms with Crippen LogP contribution in [-0.2, 0) is 4.79 Å². The Labute approximate surface area is 198 Å². The molecule has 1 fully saturated rings. The van der Waals surface area contributed by atoms with E-state index in [0.29, 0.717) is 21.3 Å². The molecule has 156 valence electrons. The highest BCUT2D eigenvalue weighted by Crippen LogP contribution is 2.65. The summed E-state index contributed by atoms with van der Waals surface area (Å²) in [7, 11) is 1.48. The molecule has 0 heterocycles. The zero-order valence-electron chi connectivity index (χ0n) is 15.4. The van der Waals surface area contributed by atoms with Gasteiger partial charge in [-0.1, -0.05) is 34.8 Å². The van der Waals surface area contributed by atoms with Gasteiger partial charge in [0.1, 0.15) is 10.9 Å². The summed E-state index contributed by atoms with van der Waals surface area (Å²) in [5, 5.41) is 12.5. The van der Waals surface area contributed by atoms with Gasteiger partial charge in [0.2, 0.25) is 5.91 Å². The van der Waals surface area contributed by atoms with Crippen molar-refractivity contribution in [3.63, 3.8) is 0 Å². The molecule has 2 aromatic carbocycles. The third-order valence-corrected chi connectivity index (χ3v) is 6.41. The number of carbonyl (C=O) groups is 2. The highest BCUT2D eigenvalue weighted by atomic mass is 35.5. The number of nitrogens with one attached hydrogen (secondary N) is 1. The highest BCUT2D eigenvalue weighted by Gasteiger charge is 2.67. The van der Waals surface area contributed by atoms with Crippen molar-refractivity contribution >= 4 is 75.5 Å². The first-order valence-corrected chi connectivity index (χ1v) is 10.5. The fourth-order valence-corrected chi connectivity index (χ4v) is 4.76. The second-order valence-electron chi connectivity index (χ2n) is 6.84. The first kappa shape index (κ1) is 23.0. The number of amides is 2. The fourth-order valence-electron chi connectivity index (χ4n) is 3.19. The largest absolute Gasteiger partial charge is 0.328 e. The molecule has 0 saturated heterocycles. The maximum absolute atomic E-state index is 12.8. The SMILES string of the molecule is CN(CC#N)C(=O)c1cc(NC(=O)C2C(c3cc(Cl)cc(Cl)c3)C2(Cl)Cl)ccc1Cl. The summed E-state index contributed by atoms with van der Waals surface area (Å²) in [4.78, 5) is 26.5. The first-order valence-electron chi connectivity index (χ1n) is 8.63. The minimum atomic E-state index is -1.32. The zero-order valence-corrected chi connectivity index (χ0v) is 19.2. The number of hydrogen-bond donors (Lipinski definition) is 1. The number of halogens is 5. The number of carbonyl (C=O) groups excluding carboxylic acids is 2. The molecule has 1 aliphatic carbocycles. The molecule has 0 aromatic heterocycles. The van der Waals surface area contributed by atoms with E-state index in [9.17, 15) is 9.59 Å². The van der Waals surface area contributed by atoms with Crippen LogP contribution in [0.25, 0.3) is 0 Å². The van der Waals surface area contributed by atoms with Crippen molar-refractivity contribution in [1.82, 2.24) is 4.90 Å². The van der Waals surface area contributed by atoms with Crippen molar-refractivity contribution in [1.29, 1.82) is 5.26 Å². The lowest BCUT2D eigenvalue weighted by molar-refractivity contribution is -0.117. The summed E-state index contributed by atoms with van der Waals surface area (Å²) in [6.07, 6.45) is 0. The van der Waals surface area contributed by atoms with Crippen molar-refractivity contribution in [3.05, 3.63) is 62.6 Å². The Morgan fingerprint density at radius 3 is 2.37 bits per heavy atom. The molecule has 0 bridgehead atoms. The molecule has 10 heteroatoms. The third-order valence-electron chi connectivity index (χ3n) is 4.70. The number of hydrogen-bond acceptors (Lipinski definition) is 3. The van der Waals surface area contributed by atoms with Crippen LogP contribution < -0.4 is 5.32 Å². The van der Waals surface area contributed by atoms with E-state index in [1.807, 2.05) is 6.07 Å². The molecule has 3 rings (SSSR count). The Balaban J connectivity index is 1.80. The quantitative estimate of drug-likeness (QED) is 0.414. The van der Waals surface area contributed by atoms with Gasteiger partial charge in [-0.15, -0.1) is 23.2 Å². The molecule has 1 N–H and O–H groups in total. The number of benzene rings is 2. The topological polar surface area (TPSA) is 73.2 Å². The Morgan fingerprint density at radius 2 is 1.77 bits per heavy atom. The molecule has 30 heavy (non-hydrogen) atoms. The Hall–Kier alpha value is -1.68. The molecule has 2 atom stereocenters. The van der Waals surface area contributed by atoms with Crippen molar-refractivity contribution in [2.24, 2.45) is 5.92 Å². The molecule has 0 spiro atoms. The summed E-state index contributed by atoms with van der Waals surface area (Å²) in [6, 6.07) is 11.3. The van der Waals surface area contributed by atoms with E-state index in [1.54, 1.807) is 24.3 Å². The summed E-state index contributed by atoms with van der Waals surface area (Å²) in [5.41, 5.74) is 1.16. The smallest absolute Gasteiger partial charge is 0.256 e. The third kappa shape index (κ3) is 4.64. The molecule has 2 amide bonds. The Morgan fingerprint density at radius 1 is 1.13 bits per heavy atom. The number of anilines is 1. The molecular weight excluding hydrogens is 492 g/mol. The van der Waals surface area contributed by atoms with E-state index in [2.05, 4.69) is 5.32 Å². The van der Waals surface area contributed by atoms with Crippen LogP contribution >= 0.6 is 58.0 Å². The van der Waals surface area contributed by atoms with Crippen LogP contribution in [0.5, 0.6) is 0 Å². The van der Waals surface area contributed by atoms with Crippen molar-refractivity contribution < 1.29 is 9.59 Å². The van der Waals surface area contributed by atoms with Gasteiger partial charge in [0, 0.05) is 28.7 Å². The van der Waals surface area contributed by atoms with Gasteiger partial charge in [0.15, 0.2) is 0 Å². The van der Waals surface area contributed by atoms with Crippen LogP contribution in [0.4, 0.5) is 5.69 Å². The Kier molecular flexibility index (Phi) is 6.76. The fraction of sp³-hybridized carbons (Fsp3) is 0.250. The molecule has 2 aromatic rings. The standard InChI is InChI=1S/C20H14Cl5N3O2/c1-28(5-4-26)19(30)14-9-13(2-3-15(14)23)27-18(29)17-16(20(17,24)25)10-6-11(21)8-12(22)7-10/h2-3,6-9,16-17H,5H2,1H3,(H,27,29). The van der Waals surface area contributed by atoms with Crippen LogP contribution in [0.15, 0.2) is 36.4 Å². The van der Waals surface area contributed by atoms with Gasteiger partial charge in [0.05, 0.1) is 22.6 Å². The van der Waals surface area contributed by atoms with Gasteiger partial charge in [-0.3, -0.25) is 9.59 Å². The van der Waals surface area contributed by atoms with Crippen LogP contribution in [0.1, 0.15) is 21.8 Å². The molecule has 2 unspecified atom stereocenters. The summed E-state index contributed by atoms with van der Waals surface area (Å²) in [5.74, 6) is -2.11. The predicted molar refractivity (Wildman–Crippen MR) is 120 cm³/mol. The van der Waals surface area contributed by atoms with Gasteiger partial charge in [0.25, 0.3) is 5.91 Å². The van der Waals surface area contributed by atoms with Gasteiger partial charge >= 0.3 is 0 Å². The Bertz CT molecular complexity index is 1050. The van der Waals surface area contributed by atoms with Gasteiger partial charge in [-0.05, 0) is 42.0 Å². The van der Waals surface area contributed by atoms with E-state index in [1.165, 1.54) is 24.1 Å². The summed E-state index contributed by atoms with van der Waals surface area (Å²) in [6.45, 7) is -0.0985. The highest BCUT2D eigenvalue weighted by molar-refractivity contribution is 6.53. The van der Waals surface area contributed by atoms with Crippen molar-refractivity contribution in [2.45, 2.75) is 10.3 Å². The average Bonchev–Trinajstić information content (AvgIpc) is 3.24. The maximum atomic E-state index is 12.8. The van der Waals surface area contributed by atoms with E-state index >= 15 is 0 Å². The normalized spacial score (nSPS) is 19.0. The average molecular weight is 506 g/mol. The van der Waals surface area contributed by atoms with Gasteiger partial charge in [-0.25, -0.2) is 0 Å². The van der Waals surface area contributed by atoms with Crippen LogP contribution in [0.3, 0.4) is 0 Å². The number of nitriles is 1.